The van der Waals surface area contributed by atoms with Crippen LogP contribution >= 0.6 is 0 Å². The first-order valence-corrected chi connectivity index (χ1v) is 10.3. The molecule has 0 aliphatic rings. The molecule has 3 aromatic carbocycles. The van der Waals surface area contributed by atoms with Crippen LogP contribution in [-0.2, 0) is 10.0 Å². The Morgan fingerprint density at radius 1 is 0.906 bits per heavy atom. The third-order valence-corrected chi connectivity index (χ3v) is 5.57. The van der Waals surface area contributed by atoms with Crippen LogP contribution in [0.3, 0.4) is 0 Å². The summed E-state index contributed by atoms with van der Waals surface area (Å²) in [7, 11) is -2.64. The molecule has 0 bridgehead atoms. The lowest BCUT2D eigenvalue weighted by molar-refractivity contribution is 0.0962. The Bertz CT molecular complexity index is 1240. The maximum Gasteiger partial charge on any atom is 0.269 e. The van der Waals surface area contributed by atoms with Crippen molar-refractivity contribution in [3.63, 3.8) is 0 Å². The van der Waals surface area contributed by atoms with E-state index < -0.39 is 44.9 Å². The van der Waals surface area contributed by atoms with Gasteiger partial charge in [-0.15, -0.1) is 0 Å². The summed E-state index contributed by atoms with van der Waals surface area (Å²) in [4.78, 5) is 12.0. The minimum atomic E-state index is -4.02. The summed E-state index contributed by atoms with van der Waals surface area (Å²) < 4.78 is 86.3. The van der Waals surface area contributed by atoms with Gasteiger partial charge < -0.3 is 4.74 Å². The van der Waals surface area contributed by atoms with Gasteiger partial charge in [0.15, 0.2) is 23.3 Å². The van der Waals surface area contributed by atoms with Crippen LogP contribution in [0, 0.1) is 23.3 Å². The number of hydrogen-bond acceptors (Lipinski definition) is 5. The van der Waals surface area contributed by atoms with E-state index in [9.17, 15) is 30.8 Å². The smallest absolute Gasteiger partial charge is 0.269 e. The highest BCUT2D eigenvalue weighted by Crippen LogP contribution is 2.26. The van der Waals surface area contributed by atoms with E-state index in [1.807, 2.05) is 5.43 Å². The zero-order valence-electron chi connectivity index (χ0n) is 16.2. The quantitative estimate of drug-likeness (QED) is 0.278. The molecule has 168 valence electrons. The molecule has 0 saturated carbocycles. The number of amides is 1. The predicted molar refractivity (Wildman–Crippen MR) is 108 cm³/mol. The molecule has 1 amide bonds. The number of methoxy groups -OCH3 is 1. The predicted octanol–water partition coefficient (Wildman–Crippen LogP) is 3.81. The van der Waals surface area contributed by atoms with E-state index in [2.05, 4.69) is 4.72 Å². The third-order valence-electron chi connectivity index (χ3n) is 4.19. The van der Waals surface area contributed by atoms with Crippen LogP contribution < -0.4 is 20.3 Å². The standard InChI is InChI=1S/C20H15F4N3O4S/c1-31-16-5-3-2-4-15(16)27-32(29,30)12-8-6-11(7-9-12)20(28)26-25-19-17(23)13(21)10-14(22)18(19)24/h2-10,25,27H,1H3,(H,26,28). The summed E-state index contributed by atoms with van der Waals surface area (Å²) in [5, 5.41) is 0. The van der Waals surface area contributed by atoms with E-state index in [1.54, 1.807) is 23.6 Å². The molecule has 0 aromatic heterocycles. The lowest BCUT2D eigenvalue weighted by Crippen LogP contribution is -2.30. The van der Waals surface area contributed by atoms with Crippen molar-refractivity contribution < 1.29 is 35.5 Å². The minimum absolute atomic E-state index is 0.0237. The minimum Gasteiger partial charge on any atom is -0.495 e. The molecule has 0 heterocycles. The molecule has 0 aliphatic heterocycles. The Hall–Kier alpha value is -3.80. The van der Waals surface area contributed by atoms with Crippen molar-refractivity contribution in [1.82, 2.24) is 5.43 Å². The molecule has 3 N–H and O–H groups in total. The number of sulfonamides is 1. The molecular formula is C20H15F4N3O4S. The first-order chi connectivity index (χ1) is 15.1. The van der Waals surface area contributed by atoms with Gasteiger partial charge in [-0.25, -0.2) is 26.0 Å². The second-order valence-electron chi connectivity index (χ2n) is 6.25. The van der Waals surface area contributed by atoms with E-state index in [-0.39, 0.29) is 22.2 Å². The molecule has 0 saturated heterocycles. The average molecular weight is 469 g/mol. The Morgan fingerprint density at radius 3 is 2.09 bits per heavy atom. The summed E-state index contributed by atoms with van der Waals surface area (Å²) >= 11 is 0. The molecule has 0 fully saturated rings. The van der Waals surface area contributed by atoms with E-state index in [0.717, 1.165) is 24.3 Å². The molecular weight excluding hydrogens is 454 g/mol. The van der Waals surface area contributed by atoms with Gasteiger partial charge in [-0.05, 0) is 36.4 Å². The number of rotatable bonds is 7. The van der Waals surface area contributed by atoms with Crippen LogP contribution in [-0.4, -0.2) is 21.4 Å². The lowest BCUT2D eigenvalue weighted by atomic mass is 10.2. The number of nitrogens with one attached hydrogen (secondary N) is 3. The summed E-state index contributed by atoms with van der Waals surface area (Å²) in [6, 6.07) is 10.9. The highest BCUT2D eigenvalue weighted by atomic mass is 32.2. The first-order valence-electron chi connectivity index (χ1n) is 8.79. The summed E-state index contributed by atoms with van der Waals surface area (Å²) in [5.41, 5.74) is 2.53. The fourth-order valence-electron chi connectivity index (χ4n) is 2.59. The van der Waals surface area contributed by atoms with Crippen molar-refractivity contribution in [1.29, 1.82) is 0 Å². The number of carbonyl (C=O) groups excluding carboxylic acids is 1. The molecule has 0 aliphatic carbocycles. The lowest BCUT2D eigenvalue weighted by Gasteiger charge is -2.13. The van der Waals surface area contributed by atoms with E-state index in [4.69, 9.17) is 4.74 Å². The SMILES string of the molecule is COc1ccccc1NS(=O)(=O)c1ccc(C(=O)NNc2c(F)c(F)cc(F)c2F)cc1. The largest absolute Gasteiger partial charge is 0.495 e. The summed E-state index contributed by atoms with van der Waals surface area (Å²) in [5.74, 6) is -7.42. The number of benzene rings is 3. The van der Waals surface area contributed by atoms with Crippen molar-refractivity contribution in [2.75, 3.05) is 17.3 Å². The van der Waals surface area contributed by atoms with E-state index in [1.165, 1.54) is 13.2 Å². The topological polar surface area (TPSA) is 96.5 Å². The van der Waals surface area contributed by atoms with Crippen LogP contribution in [0.1, 0.15) is 10.4 Å². The van der Waals surface area contributed by atoms with Gasteiger partial charge in [-0.1, -0.05) is 12.1 Å². The van der Waals surface area contributed by atoms with Crippen molar-refractivity contribution in [3.05, 3.63) is 83.4 Å². The number of hydrogen-bond donors (Lipinski definition) is 3. The van der Waals surface area contributed by atoms with Gasteiger partial charge in [0.2, 0.25) is 0 Å². The highest BCUT2D eigenvalue weighted by Gasteiger charge is 2.20. The first kappa shape index (κ1) is 22.9. The fraction of sp³-hybridized carbons (Fsp3) is 0.0500. The highest BCUT2D eigenvalue weighted by molar-refractivity contribution is 7.92. The van der Waals surface area contributed by atoms with Gasteiger partial charge in [0, 0.05) is 11.6 Å². The Labute approximate surface area is 180 Å². The number of anilines is 2. The summed E-state index contributed by atoms with van der Waals surface area (Å²) in [6.07, 6.45) is 0. The molecule has 0 unspecified atom stereocenters. The molecule has 32 heavy (non-hydrogen) atoms. The molecule has 0 spiro atoms. The monoisotopic (exact) mass is 469 g/mol. The van der Waals surface area contributed by atoms with Crippen molar-refractivity contribution in [2.24, 2.45) is 0 Å². The Balaban J connectivity index is 1.73. The molecule has 0 radical (unpaired) electrons. The van der Waals surface area contributed by atoms with Crippen LogP contribution in [0.25, 0.3) is 0 Å². The molecule has 3 aromatic rings. The zero-order valence-corrected chi connectivity index (χ0v) is 17.1. The summed E-state index contributed by atoms with van der Waals surface area (Å²) in [6.45, 7) is 0. The second kappa shape index (κ2) is 9.14. The third kappa shape index (κ3) is 4.75. The molecule has 0 atom stereocenters. The van der Waals surface area contributed by atoms with Crippen LogP contribution in [0.15, 0.2) is 59.5 Å². The van der Waals surface area contributed by atoms with Crippen molar-refractivity contribution in [3.8, 4) is 5.75 Å². The molecule has 3 rings (SSSR count). The van der Waals surface area contributed by atoms with Crippen LogP contribution in [0.2, 0.25) is 0 Å². The Morgan fingerprint density at radius 2 is 1.50 bits per heavy atom. The van der Waals surface area contributed by atoms with Gasteiger partial charge in [-0.2, -0.15) is 0 Å². The van der Waals surface area contributed by atoms with Crippen LogP contribution in [0.5, 0.6) is 5.75 Å². The van der Waals surface area contributed by atoms with Crippen LogP contribution in [0.4, 0.5) is 28.9 Å². The maximum atomic E-state index is 13.6. The second-order valence-corrected chi connectivity index (χ2v) is 7.93. The van der Waals surface area contributed by atoms with Gasteiger partial charge in [0.05, 0.1) is 17.7 Å². The van der Waals surface area contributed by atoms with Gasteiger partial charge in [0.1, 0.15) is 11.4 Å². The molecule has 12 heteroatoms. The normalized spacial score (nSPS) is 11.0. The zero-order chi connectivity index (χ0) is 23.5. The average Bonchev–Trinajstić information content (AvgIpc) is 2.78. The number of halogens is 4. The van der Waals surface area contributed by atoms with Gasteiger partial charge >= 0.3 is 0 Å². The van der Waals surface area contributed by atoms with Gasteiger partial charge in [0.25, 0.3) is 15.9 Å². The van der Waals surface area contributed by atoms with Gasteiger partial charge in [-0.3, -0.25) is 20.4 Å². The van der Waals surface area contributed by atoms with Crippen molar-refractivity contribution in [2.45, 2.75) is 4.90 Å². The number of carbonyl (C=O) groups is 1. The molecule has 7 nitrogen and oxygen atoms in total. The number of ether oxygens (including phenoxy) is 1. The number of hydrazine groups is 1. The maximum absolute atomic E-state index is 13.6. The fourth-order valence-corrected chi connectivity index (χ4v) is 3.66. The van der Waals surface area contributed by atoms with E-state index >= 15 is 0 Å². The number of para-hydroxylation sites is 2. The Kier molecular flexibility index (Phi) is 6.53. The van der Waals surface area contributed by atoms with Crippen molar-refractivity contribution >= 4 is 27.3 Å². The van der Waals surface area contributed by atoms with E-state index in [0.29, 0.717) is 5.75 Å².